The van der Waals surface area contributed by atoms with E-state index in [1.165, 1.54) is 6.07 Å². The molecule has 1 fully saturated rings. The van der Waals surface area contributed by atoms with Gasteiger partial charge in [0.05, 0.1) is 6.61 Å². The molecule has 2 aromatic carbocycles. The lowest BCUT2D eigenvalue weighted by molar-refractivity contribution is -0.123. The number of hydrogen-bond acceptors (Lipinski definition) is 6. The number of anilines is 1. The summed E-state index contributed by atoms with van der Waals surface area (Å²) in [5.74, 6) is 0.239. The van der Waals surface area contributed by atoms with Crippen LogP contribution in [0.4, 0.5) is 19.0 Å². The van der Waals surface area contributed by atoms with E-state index in [-0.39, 0.29) is 17.0 Å². The summed E-state index contributed by atoms with van der Waals surface area (Å²) in [6, 6.07) is 16.7. The lowest BCUT2D eigenvalue weighted by Crippen LogP contribution is -2.49. The molecule has 0 bridgehead atoms. The van der Waals surface area contributed by atoms with Gasteiger partial charge < -0.3 is 19.9 Å². The van der Waals surface area contributed by atoms with Gasteiger partial charge in [0.15, 0.2) is 11.5 Å². The van der Waals surface area contributed by atoms with Crippen molar-refractivity contribution in [3.05, 3.63) is 71.4 Å². The summed E-state index contributed by atoms with van der Waals surface area (Å²) < 4.78 is 42.7. The molecule has 0 saturated carbocycles. The standard InChI is InChI=1S/C30H34F3N5O3/c1-5-41-24-8-6-7-20(18-24)21-15-22(17-23(16-21)29(2,3)4)28(40)38-13-11-37(12-14-38)26-10-9-25(35-36-26)27(39)34-19-30(31,32)33/h6-10,15-18H,5,11-14,19H2,1-4H3,(H,34,39). The van der Waals surface area contributed by atoms with Gasteiger partial charge in [-0.3, -0.25) is 9.59 Å². The molecule has 1 aliphatic heterocycles. The number of hydrogen-bond donors (Lipinski definition) is 1. The van der Waals surface area contributed by atoms with Gasteiger partial charge >= 0.3 is 6.18 Å². The number of benzene rings is 2. The molecule has 2 heterocycles. The molecule has 0 spiro atoms. The predicted octanol–water partition coefficient (Wildman–Crippen LogP) is 5.09. The molecule has 0 unspecified atom stereocenters. The van der Waals surface area contributed by atoms with E-state index < -0.39 is 18.6 Å². The highest BCUT2D eigenvalue weighted by Gasteiger charge is 2.29. The lowest BCUT2D eigenvalue weighted by Gasteiger charge is -2.35. The topological polar surface area (TPSA) is 87.7 Å². The van der Waals surface area contributed by atoms with Gasteiger partial charge in [0.1, 0.15) is 12.3 Å². The van der Waals surface area contributed by atoms with E-state index in [1.807, 2.05) is 48.2 Å². The second-order valence-corrected chi connectivity index (χ2v) is 10.9. The van der Waals surface area contributed by atoms with Crippen LogP contribution in [0.2, 0.25) is 0 Å². The summed E-state index contributed by atoms with van der Waals surface area (Å²) in [6.07, 6.45) is -4.51. The van der Waals surface area contributed by atoms with Gasteiger partial charge in [-0.15, -0.1) is 10.2 Å². The van der Waals surface area contributed by atoms with Crippen LogP contribution in [0.5, 0.6) is 5.75 Å². The summed E-state index contributed by atoms with van der Waals surface area (Å²) in [5, 5.41) is 9.58. The second-order valence-electron chi connectivity index (χ2n) is 10.9. The number of halogens is 3. The highest BCUT2D eigenvalue weighted by Crippen LogP contribution is 2.31. The Balaban J connectivity index is 1.46. The van der Waals surface area contributed by atoms with Crippen LogP contribution >= 0.6 is 0 Å². The molecule has 4 rings (SSSR count). The van der Waals surface area contributed by atoms with Crippen LogP contribution in [0.15, 0.2) is 54.6 Å². The fourth-order valence-corrected chi connectivity index (χ4v) is 4.49. The van der Waals surface area contributed by atoms with E-state index in [1.54, 1.807) is 16.3 Å². The number of amides is 2. The molecule has 218 valence electrons. The molecule has 1 saturated heterocycles. The minimum absolute atomic E-state index is 0.0688. The third-order valence-corrected chi connectivity index (χ3v) is 6.75. The van der Waals surface area contributed by atoms with Crippen molar-refractivity contribution in [2.75, 3.05) is 44.2 Å². The number of aromatic nitrogens is 2. The summed E-state index contributed by atoms with van der Waals surface area (Å²) in [5.41, 5.74) is 3.19. The molecular weight excluding hydrogens is 535 g/mol. The van der Waals surface area contributed by atoms with Gasteiger partial charge in [-0.05, 0) is 65.4 Å². The number of piperazine rings is 1. The van der Waals surface area contributed by atoms with Crippen molar-refractivity contribution in [1.29, 1.82) is 0 Å². The molecule has 8 nitrogen and oxygen atoms in total. The molecule has 1 aliphatic rings. The van der Waals surface area contributed by atoms with Crippen LogP contribution < -0.4 is 15.0 Å². The Hall–Kier alpha value is -4.15. The van der Waals surface area contributed by atoms with E-state index in [0.29, 0.717) is 44.2 Å². The lowest BCUT2D eigenvalue weighted by atomic mass is 9.84. The maximum Gasteiger partial charge on any atom is 0.405 e. The minimum Gasteiger partial charge on any atom is -0.494 e. The van der Waals surface area contributed by atoms with Crippen molar-refractivity contribution in [2.24, 2.45) is 0 Å². The highest BCUT2D eigenvalue weighted by atomic mass is 19.4. The number of rotatable bonds is 7. The molecule has 11 heteroatoms. The first-order valence-electron chi connectivity index (χ1n) is 13.5. The zero-order valence-corrected chi connectivity index (χ0v) is 23.6. The van der Waals surface area contributed by atoms with E-state index in [2.05, 4.69) is 37.0 Å². The van der Waals surface area contributed by atoms with Crippen LogP contribution in [0.1, 0.15) is 54.1 Å². The zero-order valence-electron chi connectivity index (χ0n) is 23.6. The van der Waals surface area contributed by atoms with E-state index in [4.69, 9.17) is 4.74 Å². The Morgan fingerprint density at radius 1 is 0.927 bits per heavy atom. The number of nitrogens with zero attached hydrogens (tertiary/aromatic N) is 4. The van der Waals surface area contributed by atoms with Crippen molar-refractivity contribution in [1.82, 2.24) is 20.4 Å². The number of alkyl halides is 3. The van der Waals surface area contributed by atoms with Crippen molar-refractivity contribution in [2.45, 2.75) is 39.3 Å². The number of ether oxygens (including phenoxy) is 1. The van der Waals surface area contributed by atoms with Gasteiger partial charge in [0.25, 0.3) is 11.8 Å². The Morgan fingerprint density at radius 2 is 1.66 bits per heavy atom. The van der Waals surface area contributed by atoms with Crippen molar-refractivity contribution >= 4 is 17.6 Å². The molecular formula is C30H34F3N5O3. The quantitative estimate of drug-likeness (QED) is 0.427. The first kappa shape index (κ1) is 29.8. The smallest absolute Gasteiger partial charge is 0.405 e. The summed E-state index contributed by atoms with van der Waals surface area (Å²) in [4.78, 5) is 29.3. The first-order valence-corrected chi connectivity index (χ1v) is 13.5. The van der Waals surface area contributed by atoms with Crippen molar-refractivity contribution in [3.8, 4) is 16.9 Å². The number of carbonyl (C=O) groups excluding carboxylic acids is 2. The van der Waals surface area contributed by atoms with Gasteiger partial charge in [-0.25, -0.2) is 0 Å². The average Bonchev–Trinajstić information content (AvgIpc) is 2.95. The molecule has 3 aromatic rings. The Labute approximate surface area is 237 Å². The summed E-state index contributed by atoms with van der Waals surface area (Å²) in [7, 11) is 0. The predicted molar refractivity (Wildman–Crippen MR) is 150 cm³/mol. The van der Waals surface area contributed by atoms with E-state index in [0.717, 1.165) is 22.4 Å². The minimum atomic E-state index is -4.51. The van der Waals surface area contributed by atoms with Gasteiger partial charge in [0.2, 0.25) is 0 Å². The average molecular weight is 570 g/mol. The molecule has 2 amide bonds. The summed E-state index contributed by atoms with van der Waals surface area (Å²) in [6.45, 7) is 9.27. The molecule has 1 aromatic heterocycles. The van der Waals surface area contributed by atoms with Crippen LogP contribution in [-0.4, -0.2) is 72.4 Å². The molecule has 0 radical (unpaired) electrons. The Morgan fingerprint density at radius 3 is 2.27 bits per heavy atom. The Bertz CT molecular complexity index is 1380. The number of carbonyl (C=O) groups is 2. The van der Waals surface area contributed by atoms with Crippen LogP contribution in [-0.2, 0) is 5.41 Å². The maximum absolute atomic E-state index is 13.7. The molecule has 1 N–H and O–H groups in total. The van der Waals surface area contributed by atoms with Crippen LogP contribution in [0.3, 0.4) is 0 Å². The van der Waals surface area contributed by atoms with Gasteiger partial charge in [0, 0.05) is 31.7 Å². The van der Waals surface area contributed by atoms with Crippen molar-refractivity contribution in [3.63, 3.8) is 0 Å². The third-order valence-electron chi connectivity index (χ3n) is 6.75. The van der Waals surface area contributed by atoms with E-state index in [9.17, 15) is 22.8 Å². The largest absolute Gasteiger partial charge is 0.494 e. The van der Waals surface area contributed by atoms with Gasteiger partial charge in [-0.1, -0.05) is 39.0 Å². The first-order chi connectivity index (χ1) is 19.3. The molecule has 0 aliphatic carbocycles. The van der Waals surface area contributed by atoms with Gasteiger partial charge in [-0.2, -0.15) is 13.2 Å². The summed E-state index contributed by atoms with van der Waals surface area (Å²) >= 11 is 0. The molecule has 0 atom stereocenters. The second kappa shape index (κ2) is 12.2. The highest BCUT2D eigenvalue weighted by molar-refractivity contribution is 5.96. The number of nitrogens with one attached hydrogen (secondary N) is 1. The van der Waals surface area contributed by atoms with Crippen LogP contribution in [0.25, 0.3) is 11.1 Å². The van der Waals surface area contributed by atoms with E-state index >= 15 is 0 Å². The molecule has 41 heavy (non-hydrogen) atoms. The van der Waals surface area contributed by atoms with Crippen LogP contribution in [0, 0.1) is 0 Å². The maximum atomic E-state index is 13.7. The monoisotopic (exact) mass is 569 g/mol. The SMILES string of the molecule is CCOc1cccc(-c2cc(C(=O)N3CCN(c4ccc(C(=O)NCC(F)(F)F)nn4)CC3)cc(C(C)(C)C)c2)c1. The normalized spacial score (nSPS) is 14.1. The third kappa shape index (κ3) is 7.74. The fraction of sp³-hybridized carbons (Fsp3) is 0.400. The van der Waals surface area contributed by atoms with Crippen molar-refractivity contribution < 1.29 is 27.5 Å². The fourth-order valence-electron chi connectivity index (χ4n) is 4.49. The zero-order chi connectivity index (χ0) is 29.8. The Kier molecular flexibility index (Phi) is 8.84.